The van der Waals surface area contributed by atoms with E-state index in [4.69, 9.17) is 4.74 Å². The SMILES string of the molecule is Cc1c(C(=O)Nc2cnc3nnc(C4CCCCC4)n3c2)cccc1-c1ccc(OC(C)C)cc1. The third-order valence-corrected chi connectivity index (χ3v) is 6.64. The number of nitrogens with one attached hydrogen (secondary N) is 1. The monoisotopic (exact) mass is 469 g/mol. The number of ether oxygens (including phenoxy) is 1. The lowest BCUT2D eigenvalue weighted by Crippen LogP contribution is -2.15. The summed E-state index contributed by atoms with van der Waals surface area (Å²) in [5, 5.41) is 11.7. The average molecular weight is 470 g/mol. The fraction of sp³-hybridized carbons (Fsp3) is 0.357. The van der Waals surface area contributed by atoms with Crippen molar-refractivity contribution in [2.75, 3.05) is 5.32 Å². The Morgan fingerprint density at radius 3 is 2.57 bits per heavy atom. The van der Waals surface area contributed by atoms with Crippen LogP contribution in [0.3, 0.4) is 0 Å². The Labute approximate surface area is 205 Å². The maximum Gasteiger partial charge on any atom is 0.256 e. The minimum atomic E-state index is -0.169. The molecule has 2 heterocycles. The van der Waals surface area contributed by atoms with Crippen LogP contribution in [0.4, 0.5) is 5.69 Å². The van der Waals surface area contributed by atoms with Gasteiger partial charge in [0.2, 0.25) is 0 Å². The van der Waals surface area contributed by atoms with Crippen molar-refractivity contribution in [1.29, 1.82) is 0 Å². The fourth-order valence-electron chi connectivity index (χ4n) is 4.89. The zero-order chi connectivity index (χ0) is 24.4. The zero-order valence-electron chi connectivity index (χ0n) is 20.5. The lowest BCUT2D eigenvalue weighted by Gasteiger charge is -2.19. The number of hydrogen-bond acceptors (Lipinski definition) is 5. The second-order valence-electron chi connectivity index (χ2n) is 9.53. The number of amides is 1. The van der Waals surface area contributed by atoms with Crippen molar-refractivity contribution in [2.24, 2.45) is 0 Å². The highest BCUT2D eigenvalue weighted by molar-refractivity contribution is 6.06. The summed E-state index contributed by atoms with van der Waals surface area (Å²) in [5.74, 6) is 2.55. The molecule has 1 aliphatic carbocycles. The zero-order valence-corrected chi connectivity index (χ0v) is 20.5. The molecule has 1 amide bonds. The van der Waals surface area contributed by atoms with Crippen molar-refractivity contribution in [2.45, 2.75) is 64.9 Å². The van der Waals surface area contributed by atoms with E-state index in [-0.39, 0.29) is 12.0 Å². The van der Waals surface area contributed by atoms with E-state index >= 15 is 0 Å². The summed E-state index contributed by atoms with van der Waals surface area (Å²) in [6.45, 7) is 5.99. The van der Waals surface area contributed by atoms with E-state index in [9.17, 15) is 4.79 Å². The standard InChI is InChI=1S/C28H31N5O2/c1-18(2)35-23-14-12-20(13-15-23)24-10-7-11-25(19(24)3)27(34)30-22-16-29-28-32-31-26(33(28)17-22)21-8-5-4-6-9-21/h7,10-18,21H,4-6,8-9H2,1-3H3,(H,30,34). The number of nitrogens with zero attached hydrogens (tertiary/aromatic N) is 4. The molecule has 2 aromatic carbocycles. The van der Waals surface area contributed by atoms with E-state index in [1.807, 2.05) is 73.8 Å². The van der Waals surface area contributed by atoms with Crippen molar-refractivity contribution in [1.82, 2.24) is 19.6 Å². The Balaban J connectivity index is 1.38. The van der Waals surface area contributed by atoms with Gasteiger partial charge in [0.1, 0.15) is 11.6 Å². The first-order chi connectivity index (χ1) is 17.0. The lowest BCUT2D eigenvalue weighted by molar-refractivity contribution is 0.102. The highest BCUT2D eigenvalue weighted by Crippen LogP contribution is 2.32. The first-order valence-electron chi connectivity index (χ1n) is 12.4. The Hall–Kier alpha value is -3.74. The molecule has 1 aliphatic rings. The van der Waals surface area contributed by atoms with Gasteiger partial charge in [-0.05, 0) is 68.5 Å². The van der Waals surface area contributed by atoms with Crippen LogP contribution in [-0.4, -0.2) is 31.6 Å². The minimum Gasteiger partial charge on any atom is -0.491 e. The third kappa shape index (κ3) is 4.90. The van der Waals surface area contributed by atoms with Gasteiger partial charge in [-0.15, -0.1) is 10.2 Å². The van der Waals surface area contributed by atoms with E-state index in [1.165, 1.54) is 19.3 Å². The van der Waals surface area contributed by atoms with Crippen molar-refractivity contribution in [3.05, 3.63) is 71.8 Å². The van der Waals surface area contributed by atoms with Gasteiger partial charge >= 0.3 is 0 Å². The molecule has 1 saturated carbocycles. The molecule has 5 rings (SSSR count). The maximum atomic E-state index is 13.3. The van der Waals surface area contributed by atoms with Crippen LogP contribution >= 0.6 is 0 Å². The van der Waals surface area contributed by atoms with Crippen LogP contribution in [0.15, 0.2) is 54.9 Å². The number of aromatic nitrogens is 4. The summed E-state index contributed by atoms with van der Waals surface area (Å²) < 4.78 is 7.68. The number of rotatable bonds is 6. The summed E-state index contributed by atoms with van der Waals surface area (Å²) in [6, 6.07) is 13.8. The van der Waals surface area contributed by atoms with Crippen LogP contribution in [0, 0.1) is 6.92 Å². The highest BCUT2D eigenvalue weighted by Gasteiger charge is 2.22. The number of fused-ring (bicyclic) bond motifs is 1. The van der Waals surface area contributed by atoms with Gasteiger partial charge in [0.25, 0.3) is 11.7 Å². The molecule has 35 heavy (non-hydrogen) atoms. The molecular weight excluding hydrogens is 438 g/mol. The van der Waals surface area contributed by atoms with Gasteiger partial charge in [0.05, 0.1) is 18.0 Å². The number of carbonyl (C=O) groups is 1. The van der Waals surface area contributed by atoms with E-state index in [1.54, 1.807) is 6.20 Å². The van der Waals surface area contributed by atoms with E-state index in [0.29, 0.717) is 22.9 Å². The van der Waals surface area contributed by atoms with E-state index in [2.05, 4.69) is 20.5 Å². The molecule has 0 atom stereocenters. The molecule has 7 heteroatoms. The molecular formula is C28H31N5O2. The molecule has 0 radical (unpaired) electrons. The fourth-order valence-corrected chi connectivity index (χ4v) is 4.89. The minimum absolute atomic E-state index is 0.125. The van der Waals surface area contributed by atoms with Gasteiger partial charge in [-0.3, -0.25) is 9.20 Å². The van der Waals surface area contributed by atoms with Crippen LogP contribution in [-0.2, 0) is 0 Å². The summed E-state index contributed by atoms with van der Waals surface area (Å²) in [6.07, 6.45) is 9.60. The van der Waals surface area contributed by atoms with Crippen molar-refractivity contribution in [3.8, 4) is 16.9 Å². The van der Waals surface area contributed by atoms with Crippen LogP contribution < -0.4 is 10.1 Å². The summed E-state index contributed by atoms with van der Waals surface area (Å²) in [5.41, 5.74) is 4.23. The predicted molar refractivity (Wildman–Crippen MR) is 137 cm³/mol. The van der Waals surface area contributed by atoms with Gasteiger partial charge in [-0.1, -0.05) is 43.5 Å². The second-order valence-corrected chi connectivity index (χ2v) is 9.53. The van der Waals surface area contributed by atoms with Crippen molar-refractivity contribution in [3.63, 3.8) is 0 Å². The van der Waals surface area contributed by atoms with Crippen molar-refractivity contribution < 1.29 is 9.53 Å². The van der Waals surface area contributed by atoms with Gasteiger partial charge in [-0.2, -0.15) is 0 Å². The normalized spacial score (nSPS) is 14.4. The molecule has 0 unspecified atom stereocenters. The molecule has 0 aliphatic heterocycles. The van der Waals surface area contributed by atoms with Crippen molar-refractivity contribution >= 4 is 17.4 Å². The Kier molecular flexibility index (Phi) is 6.49. The summed E-state index contributed by atoms with van der Waals surface area (Å²) >= 11 is 0. The highest BCUT2D eigenvalue weighted by atomic mass is 16.5. The molecule has 0 bridgehead atoms. The van der Waals surface area contributed by atoms with E-state index < -0.39 is 0 Å². The third-order valence-electron chi connectivity index (χ3n) is 6.64. The molecule has 0 saturated heterocycles. The van der Waals surface area contributed by atoms with E-state index in [0.717, 1.165) is 41.1 Å². The lowest BCUT2D eigenvalue weighted by atomic mass is 9.89. The molecule has 4 aromatic rings. The Morgan fingerprint density at radius 1 is 1.06 bits per heavy atom. The number of hydrogen-bond donors (Lipinski definition) is 1. The number of benzene rings is 2. The predicted octanol–water partition coefficient (Wildman–Crippen LogP) is 6.19. The molecule has 1 N–H and O–H groups in total. The summed E-state index contributed by atoms with van der Waals surface area (Å²) in [7, 11) is 0. The largest absolute Gasteiger partial charge is 0.491 e. The van der Waals surface area contributed by atoms with Crippen LogP contribution in [0.2, 0.25) is 0 Å². The number of anilines is 1. The molecule has 0 spiro atoms. The quantitative estimate of drug-likeness (QED) is 0.364. The van der Waals surface area contributed by atoms with Crippen LogP contribution in [0.1, 0.15) is 73.6 Å². The second kappa shape index (κ2) is 9.86. The van der Waals surface area contributed by atoms with Crippen LogP contribution in [0.5, 0.6) is 5.75 Å². The first kappa shape index (κ1) is 23.0. The number of carbonyl (C=O) groups excluding carboxylic acids is 1. The summed E-state index contributed by atoms with van der Waals surface area (Å²) in [4.78, 5) is 17.7. The van der Waals surface area contributed by atoms with Gasteiger partial charge in [0.15, 0.2) is 0 Å². The van der Waals surface area contributed by atoms with Crippen LogP contribution in [0.25, 0.3) is 16.9 Å². The topological polar surface area (TPSA) is 81.4 Å². The van der Waals surface area contributed by atoms with Gasteiger partial charge in [0, 0.05) is 17.7 Å². The smallest absolute Gasteiger partial charge is 0.256 e. The Bertz CT molecular complexity index is 1340. The van der Waals surface area contributed by atoms with Gasteiger partial charge in [-0.25, -0.2) is 4.98 Å². The maximum absolute atomic E-state index is 13.3. The molecule has 7 nitrogen and oxygen atoms in total. The first-order valence-corrected chi connectivity index (χ1v) is 12.4. The molecule has 180 valence electrons. The Morgan fingerprint density at radius 2 is 1.83 bits per heavy atom. The molecule has 1 fully saturated rings. The van der Waals surface area contributed by atoms with Gasteiger partial charge < -0.3 is 10.1 Å². The average Bonchev–Trinajstić information content (AvgIpc) is 3.28. The molecule has 2 aromatic heterocycles.